The van der Waals surface area contributed by atoms with E-state index in [4.69, 9.17) is 9.47 Å². The normalized spacial score (nSPS) is 22.9. The Morgan fingerprint density at radius 1 is 1.28 bits per heavy atom. The van der Waals surface area contributed by atoms with E-state index >= 15 is 0 Å². The lowest BCUT2D eigenvalue weighted by Gasteiger charge is -2.38. The summed E-state index contributed by atoms with van der Waals surface area (Å²) in [4.78, 5) is 0. The van der Waals surface area contributed by atoms with E-state index in [0.29, 0.717) is 19.1 Å². The highest BCUT2D eigenvalue weighted by Crippen LogP contribution is 2.30. The summed E-state index contributed by atoms with van der Waals surface area (Å²) in [5, 5.41) is 0. The fraction of sp³-hybridized carbons (Fsp3) is 0.625. The van der Waals surface area contributed by atoms with Crippen LogP contribution in [0.1, 0.15) is 17.5 Å². The molecule has 140 valence electrons. The van der Waals surface area contributed by atoms with Crippen molar-refractivity contribution in [3.8, 4) is 0 Å². The molecule has 0 radical (unpaired) electrons. The highest BCUT2D eigenvalue weighted by atomic mass is 32.2. The zero-order valence-corrected chi connectivity index (χ0v) is 14.4. The number of hydrogen-bond acceptors (Lipinski definition) is 4. The predicted molar refractivity (Wildman–Crippen MR) is 84.3 cm³/mol. The van der Waals surface area contributed by atoms with Crippen LogP contribution in [0.4, 0.5) is 13.2 Å². The van der Waals surface area contributed by atoms with Crippen LogP contribution in [0.5, 0.6) is 0 Å². The third-order valence-corrected chi connectivity index (χ3v) is 6.19. The molecular weight excluding hydrogens is 359 g/mol. The molecule has 9 heteroatoms. The van der Waals surface area contributed by atoms with E-state index in [9.17, 15) is 21.6 Å². The Kier molecular flexibility index (Phi) is 5.38. The first-order valence-electron chi connectivity index (χ1n) is 8.07. The molecule has 2 saturated heterocycles. The molecule has 0 aromatic heterocycles. The van der Waals surface area contributed by atoms with E-state index in [1.165, 1.54) is 16.4 Å². The molecule has 0 amide bonds. The van der Waals surface area contributed by atoms with E-state index in [1.54, 1.807) is 0 Å². The lowest BCUT2D eigenvalue weighted by Crippen LogP contribution is -2.55. The molecule has 1 unspecified atom stereocenters. The Morgan fingerprint density at radius 3 is 2.68 bits per heavy atom. The Bertz CT molecular complexity index is 696. The van der Waals surface area contributed by atoms with Crippen LogP contribution in [0.2, 0.25) is 0 Å². The maximum Gasteiger partial charge on any atom is 0.416 e. The topological polar surface area (TPSA) is 55.8 Å². The molecule has 2 aliphatic rings. The number of rotatable bonds is 6. The maximum atomic E-state index is 12.7. The lowest BCUT2D eigenvalue weighted by molar-refractivity contribution is -0.137. The van der Waals surface area contributed by atoms with Crippen molar-refractivity contribution in [2.24, 2.45) is 5.92 Å². The third kappa shape index (κ3) is 4.72. The molecule has 2 aliphatic heterocycles. The van der Waals surface area contributed by atoms with E-state index in [0.717, 1.165) is 25.2 Å². The summed E-state index contributed by atoms with van der Waals surface area (Å²) in [6.07, 6.45) is -3.69. The van der Waals surface area contributed by atoms with Gasteiger partial charge in [-0.05, 0) is 18.1 Å². The summed E-state index contributed by atoms with van der Waals surface area (Å²) >= 11 is 0. The monoisotopic (exact) mass is 379 g/mol. The summed E-state index contributed by atoms with van der Waals surface area (Å²) in [6.45, 7) is 2.44. The number of halogens is 3. The number of sulfonamides is 1. The van der Waals surface area contributed by atoms with Crippen LogP contribution in [0.15, 0.2) is 24.3 Å². The average molecular weight is 379 g/mol. The minimum absolute atomic E-state index is 0.127. The maximum absolute atomic E-state index is 12.7. The van der Waals surface area contributed by atoms with Crippen LogP contribution in [0.3, 0.4) is 0 Å². The second-order valence-electron chi connectivity index (χ2n) is 6.46. The summed E-state index contributed by atoms with van der Waals surface area (Å²) < 4.78 is 75.0. The van der Waals surface area contributed by atoms with Gasteiger partial charge >= 0.3 is 6.18 Å². The largest absolute Gasteiger partial charge is 0.416 e. The first-order chi connectivity index (χ1) is 11.7. The first kappa shape index (κ1) is 18.6. The molecule has 3 rings (SSSR count). The van der Waals surface area contributed by atoms with Crippen molar-refractivity contribution in [3.63, 3.8) is 0 Å². The van der Waals surface area contributed by atoms with Gasteiger partial charge in [0.15, 0.2) is 0 Å². The Hall–Kier alpha value is -1.16. The molecule has 0 aliphatic carbocycles. The number of hydrogen-bond donors (Lipinski definition) is 0. The van der Waals surface area contributed by atoms with E-state index < -0.39 is 27.5 Å². The fourth-order valence-electron chi connectivity index (χ4n) is 2.86. The number of alkyl halides is 3. The van der Waals surface area contributed by atoms with Crippen molar-refractivity contribution in [2.45, 2.75) is 24.5 Å². The van der Waals surface area contributed by atoms with Crippen molar-refractivity contribution in [2.75, 3.05) is 32.9 Å². The van der Waals surface area contributed by atoms with E-state index in [-0.39, 0.29) is 24.8 Å². The number of ether oxygens (including phenoxy) is 2. The van der Waals surface area contributed by atoms with Gasteiger partial charge in [-0.25, -0.2) is 8.42 Å². The number of benzene rings is 1. The highest BCUT2D eigenvalue weighted by Gasteiger charge is 2.37. The molecule has 0 saturated carbocycles. The first-order valence-corrected chi connectivity index (χ1v) is 9.68. The zero-order chi connectivity index (χ0) is 18.1. The van der Waals surface area contributed by atoms with Gasteiger partial charge in [-0.2, -0.15) is 17.5 Å². The standard InChI is InChI=1S/C16H20F3NO4S/c17-16(18,19)14-3-1-2-12(6-14)11-25(21,22)20-7-15(8-20)24-10-13-4-5-23-9-13/h1-3,6,13,15H,4-5,7-11H2. The molecular formula is C16H20F3NO4S. The molecule has 5 nitrogen and oxygen atoms in total. The molecule has 25 heavy (non-hydrogen) atoms. The van der Waals surface area contributed by atoms with Gasteiger partial charge in [0.25, 0.3) is 0 Å². The molecule has 1 aromatic carbocycles. The fourth-order valence-corrected chi connectivity index (χ4v) is 4.43. The van der Waals surface area contributed by atoms with Crippen molar-refractivity contribution < 1.29 is 31.1 Å². The zero-order valence-electron chi connectivity index (χ0n) is 13.5. The van der Waals surface area contributed by atoms with Crippen molar-refractivity contribution in [1.82, 2.24) is 4.31 Å². The van der Waals surface area contributed by atoms with Gasteiger partial charge in [0.2, 0.25) is 10.0 Å². The van der Waals surface area contributed by atoms with Gasteiger partial charge in [-0.3, -0.25) is 0 Å². The molecule has 0 spiro atoms. The molecule has 1 aromatic rings. The molecule has 1 atom stereocenters. The van der Waals surface area contributed by atoms with Crippen molar-refractivity contribution >= 4 is 10.0 Å². The van der Waals surface area contributed by atoms with Gasteiger partial charge in [0.1, 0.15) is 0 Å². The molecule has 0 N–H and O–H groups in total. The Balaban J connectivity index is 1.51. The van der Waals surface area contributed by atoms with Crippen LogP contribution in [0.25, 0.3) is 0 Å². The smallest absolute Gasteiger partial charge is 0.381 e. The van der Waals surface area contributed by atoms with Gasteiger partial charge in [-0.1, -0.05) is 18.2 Å². The summed E-state index contributed by atoms with van der Waals surface area (Å²) in [6, 6.07) is 4.42. The number of nitrogens with zero attached hydrogens (tertiary/aromatic N) is 1. The van der Waals surface area contributed by atoms with E-state index in [1.807, 2.05) is 0 Å². The van der Waals surface area contributed by atoms with Gasteiger partial charge in [0, 0.05) is 25.6 Å². The molecule has 2 heterocycles. The predicted octanol–water partition coefficient (Wildman–Crippen LogP) is 2.27. The second-order valence-corrected chi connectivity index (χ2v) is 8.43. The lowest BCUT2D eigenvalue weighted by atomic mass is 10.1. The van der Waals surface area contributed by atoms with Gasteiger partial charge in [0.05, 0.1) is 30.6 Å². The Morgan fingerprint density at radius 2 is 2.04 bits per heavy atom. The highest BCUT2D eigenvalue weighted by molar-refractivity contribution is 7.88. The summed E-state index contributed by atoms with van der Waals surface area (Å²) in [5.74, 6) is -0.0872. The Labute approximate surface area is 144 Å². The summed E-state index contributed by atoms with van der Waals surface area (Å²) in [5.41, 5.74) is -0.717. The third-order valence-electron chi connectivity index (χ3n) is 4.40. The van der Waals surface area contributed by atoms with Gasteiger partial charge < -0.3 is 9.47 Å². The van der Waals surface area contributed by atoms with Crippen LogP contribution in [0, 0.1) is 5.92 Å². The van der Waals surface area contributed by atoms with E-state index in [2.05, 4.69) is 0 Å². The average Bonchev–Trinajstić information content (AvgIpc) is 2.97. The minimum Gasteiger partial charge on any atom is -0.381 e. The molecule has 2 fully saturated rings. The SMILES string of the molecule is O=S(=O)(Cc1cccc(C(F)(F)F)c1)N1CC(OCC2CCOC2)C1. The molecule has 0 bridgehead atoms. The minimum atomic E-state index is -4.49. The van der Waals surface area contributed by atoms with Crippen LogP contribution in [-0.4, -0.2) is 51.7 Å². The van der Waals surface area contributed by atoms with Crippen molar-refractivity contribution in [1.29, 1.82) is 0 Å². The van der Waals surface area contributed by atoms with Crippen LogP contribution >= 0.6 is 0 Å². The quantitative estimate of drug-likeness (QED) is 0.761. The van der Waals surface area contributed by atoms with Gasteiger partial charge in [-0.15, -0.1) is 0 Å². The second kappa shape index (κ2) is 7.22. The summed E-state index contributed by atoms with van der Waals surface area (Å²) in [7, 11) is -3.65. The van der Waals surface area contributed by atoms with Crippen LogP contribution < -0.4 is 0 Å². The van der Waals surface area contributed by atoms with Crippen LogP contribution in [-0.2, 0) is 31.4 Å². The van der Waals surface area contributed by atoms with Crippen molar-refractivity contribution in [3.05, 3.63) is 35.4 Å².